The number of rotatable bonds is 6. The molecule has 26 heavy (non-hydrogen) atoms. The molecule has 0 heterocycles. The van der Waals surface area contributed by atoms with Gasteiger partial charge in [-0.05, 0) is 44.2 Å². The fourth-order valence-electron chi connectivity index (χ4n) is 2.19. The minimum atomic E-state index is -3.78. The van der Waals surface area contributed by atoms with Crippen LogP contribution in [0, 0.1) is 6.92 Å². The van der Waals surface area contributed by atoms with E-state index >= 15 is 0 Å². The highest BCUT2D eigenvalue weighted by Gasteiger charge is 2.20. The zero-order chi connectivity index (χ0) is 18.6. The number of hydrogen-bond donors (Lipinski definition) is 2. The summed E-state index contributed by atoms with van der Waals surface area (Å²) < 4.78 is 27.6. The Kier molecular flexibility index (Phi) is 7.62. The third kappa shape index (κ3) is 5.20. The number of hydrogen-bond acceptors (Lipinski definition) is 4. The monoisotopic (exact) mass is 397 g/mol. The summed E-state index contributed by atoms with van der Waals surface area (Å²) in [7, 11) is -2.13. The van der Waals surface area contributed by atoms with E-state index in [2.05, 4.69) is 4.72 Å². The Morgan fingerprint density at radius 1 is 1.19 bits per heavy atom. The van der Waals surface area contributed by atoms with Gasteiger partial charge in [-0.2, -0.15) is 0 Å². The molecule has 1 amide bonds. The number of amides is 1. The number of nitrogens with zero attached hydrogens (tertiary/aromatic N) is 1. The fraction of sp³-hybridized carbons (Fsp3) is 0.278. The van der Waals surface area contributed by atoms with Gasteiger partial charge in [-0.25, -0.2) is 8.42 Å². The van der Waals surface area contributed by atoms with E-state index in [0.29, 0.717) is 17.8 Å². The molecule has 0 aliphatic heterocycles. The molecule has 1 unspecified atom stereocenters. The maximum atomic E-state index is 12.6. The second-order valence-corrected chi connectivity index (χ2v) is 7.68. The molecule has 0 saturated carbocycles. The molecule has 2 rings (SSSR count). The van der Waals surface area contributed by atoms with Crippen LogP contribution in [0.5, 0.6) is 0 Å². The van der Waals surface area contributed by atoms with E-state index in [4.69, 9.17) is 5.73 Å². The van der Waals surface area contributed by atoms with E-state index < -0.39 is 10.0 Å². The first-order valence-electron chi connectivity index (χ1n) is 7.91. The number of halogens is 1. The number of nitrogens with one attached hydrogen (secondary N) is 1. The van der Waals surface area contributed by atoms with Gasteiger partial charge in [0, 0.05) is 30.9 Å². The van der Waals surface area contributed by atoms with Crippen molar-refractivity contribution < 1.29 is 13.2 Å². The molecule has 0 aromatic heterocycles. The minimum Gasteiger partial charge on any atom is -0.338 e. The Balaban J connectivity index is 0.00000338. The van der Waals surface area contributed by atoms with Gasteiger partial charge >= 0.3 is 0 Å². The number of anilines is 1. The Hall–Kier alpha value is -2.09. The van der Waals surface area contributed by atoms with E-state index in [1.807, 2.05) is 26.0 Å². The van der Waals surface area contributed by atoms with Crippen LogP contribution in [-0.2, 0) is 10.0 Å². The minimum absolute atomic E-state index is 0. The first kappa shape index (κ1) is 22.0. The lowest BCUT2D eigenvalue weighted by atomic mass is 10.2. The van der Waals surface area contributed by atoms with E-state index in [0.717, 1.165) is 5.56 Å². The maximum absolute atomic E-state index is 12.6. The summed E-state index contributed by atoms with van der Waals surface area (Å²) in [6.45, 7) is 4.08. The number of sulfonamides is 1. The zero-order valence-corrected chi connectivity index (χ0v) is 16.6. The Labute approximate surface area is 160 Å². The van der Waals surface area contributed by atoms with Crippen molar-refractivity contribution in [3.63, 3.8) is 0 Å². The Morgan fingerprint density at radius 3 is 2.38 bits per heavy atom. The highest BCUT2D eigenvalue weighted by Crippen LogP contribution is 2.18. The summed E-state index contributed by atoms with van der Waals surface area (Å²) >= 11 is 0. The molecule has 0 fully saturated rings. The molecule has 0 spiro atoms. The molecule has 142 valence electrons. The SMILES string of the molecule is Cc1ccc(NS(=O)(=O)c2cccc(C(=O)N(C)C(C)CN)c2)cc1.Cl. The number of nitrogens with two attached hydrogens (primary N) is 1. The number of benzene rings is 2. The molecular formula is C18H24ClN3O3S. The van der Waals surface area contributed by atoms with Crippen molar-refractivity contribution in [2.45, 2.75) is 24.8 Å². The molecule has 2 aromatic carbocycles. The van der Waals surface area contributed by atoms with Gasteiger partial charge in [0.2, 0.25) is 0 Å². The summed E-state index contributed by atoms with van der Waals surface area (Å²) in [5, 5.41) is 0. The molecule has 3 N–H and O–H groups in total. The first-order valence-corrected chi connectivity index (χ1v) is 9.39. The van der Waals surface area contributed by atoms with Crippen molar-refractivity contribution in [1.82, 2.24) is 4.90 Å². The molecular weight excluding hydrogens is 374 g/mol. The average Bonchev–Trinajstić information content (AvgIpc) is 2.61. The summed E-state index contributed by atoms with van der Waals surface area (Å²) in [6.07, 6.45) is 0. The van der Waals surface area contributed by atoms with Crippen LogP contribution < -0.4 is 10.5 Å². The lowest BCUT2D eigenvalue weighted by Gasteiger charge is -2.23. The lowest BCUT2D eigenvalue weighted by Crippen LogP contribution is -2.39. The Bertz CT molecular complexity index is 854. The molecule has 0 aliphatic rings. The fourth-order valence-corrected chi connectivity index (χ4v) is 3.30. The molecule has 0 aliphatic carbocycles. The lowest BCUT2D eigenvalue weighted by molar-refractivity contribution is 0.0748. The van der Waals surface area contributed by atoms with E-state index in [-0.39, 0.29) is 29.3 Å². The van der Waals surface area contributed by atoms with Gasteiger partial charge in [0.25, 0.3) is 15.9 Å². The van der Waals surface area contributed by atoms with Crippen LogP contribution in [0.1, 0.15) is 22.8 Å². The van der Waals surface area contributed by atoms with Crippen molar-refractivity contribution in [3.05, 3.63) is 59.7 Å². The van der Waals surface area contributed by atoms with Crippen LogP contribution in [0.2, 0.25) is 0 Å². The second-order valence-electron chi connectivity index (χ2n) is 6.00. The standard InChI is InChI=1S/C18H23N3O3S.ClH/c1-13-7-9-16(10-8-13)20-25(23,24)17-6-4-5-15(11-17)18(22)21(3)14(2)12-19;/h4-11,14,20H,12,19H2,1-3H3;1H. The molecule has 0 saturated heterocycles. The van der Waals surface area contributed by atoms with Crippen LogP contribution in [0.4, 0.5) is 5.69 Å². The van der Waals surface area contributed by atoms with Crippen LogP contribution in [0.25, 0.3) is 0 Å². The van der Waals surface area contributed by atoms with Crippen LogP contribution in [0.3, 0.4) is 0 Å². The normalized spacial score (nSPS) is 12.0. The third-order valence-electron chi connectivity index (χ3n) is 4.02. The van der Waals surface area contributed by atoms with Gasteiger partial charge in [-0.1, -0.05) is 23.8 Å². The van der Waals surface area contributed by atoms with Crippen LogP contribution in [-0.4, -0.2) is 38.9 Å². The Morgan fingerprint density at radius 2 is 1.81 bits per heavy atom. The highest BCUT2D eigenvalue weighted by molar-refractivity contribution is 7.92. The number of likely N-dealkylation sites (N-methyl/N-ethyl adjacent to an activating group) is 1. The van der Waals surface area contributed by atoms with E-state index in [9.17, 15) is 13.2 Å². The summed E-state index contributed by atoms with van der Waals surface area (Å²) in [5.41, 5.74) is 7.39. The van der Waals surface area contributed by atoms with Gasteiger partial charge in [-0.15, -0.1) is 12.4 Å². The van der Waals surface area contributed by atoms with Crippen molar-refractivity contribution >= 4 is 34.0 Å². The van der Waals surface area contributed by atoms with Crippen LogP contribution >= 0.6 is 12.4 Å². The van der Waals surface area contributed by atoms with Crippen molar-refractivity contribution in [3.8, 4) is 0 Å². The van der Waals surface area contributed by atoms with Gasteiger partial charge in [0.15, 0.2) is 0 Å². The van der Waals surface area contributed by atoms with Gasteiger partial charge in [0.05, 0.1) is 4.90 Å². The molecule has 6 nitrogen and oxygen atoms in total. The smallest absolute Gasteiger partial charge is 0.261 e. The predicted molar refractivity (Wildman–Crippen MR) is 106 cm³/mol. The topological polar surface area (TPSA) is 92.5 Å². The first-order chi connectivity index (χ1) is 11.7. The number of carbonyl (C=O) groups excluding carboxylic acids is 1. The summed E-state index contributed by atoms with van der Waals surface area (Å²) in [4.78, 5) is 14.0. The molecule has 8 heteroatoms. The van der Waals surface area contributed by atoms with E-state index in [1.54, 1.807) is 31.3 Å². The average molecular weight is 398 g/mol. The van der Waals surface area contributed by atoms with Crippen molar-refractivity contribution in [2.24, 2.45) is 5.73 Å². The molecule has 0 radical (unpaired) electrons. The van der Waals surface area contributed by atoms with E-state index in [1.165, 1.54) is 17.0 Å². The van der Waals surface area contributed by atoms with Crippen molar-refractivity contribution in [1.29, 1.82) is 0 Å². The second kappa shape index (κ2) is 9.02. The third-order valence-corrected chi connectivity index (χ3v) is 5.40. The number of carbonyl (C=O) groups is 1. The number of aryl methyl sites for hydroxylation is 1. The summed E-state index contributed by atoms with van der Waals surface area (Å²) in [6, 6.07) is 12.9. The summed E-state index contributed by atoms with van der Waals surface area (Å²) in [5.74, 6) is -0.273. The molecule has 1 atom stereocenters. The molecule has 2 aromatic rings. The quantitative estimate of drug-likeness (QED) is 0.783. The predicted octanol–water partition coefficient (Wildman–Crippen LogP) is 2.64. The zero-order valence-electron chi connectivity index (χ0n) is 15.0. The maximum Gasteiger partial charge on any atom is 0.261 e. The van der Waals surface area contributed by atoms with Crippen LogP contribution in [0.15, 0.2) is 53.4 Å². The highest BCUT2D eigenvalue weighted by atomic mass is 35.5. The van der Waals surface area contributed by atoms with Crippen molar-refractivity contribution in [2.75, 3.05) is 18.3 Å². The van der Waals surface area contributed by atoms with Gasteiger partial charge < -0.3 is 10.6 Å². The van der Waals surface area contributed by atoms with Gasteiger partial charge in [-0.3, -0.25) is 9.52 Å². The molecule has 0 bridgehead atoms. The largest absolute Gasteiger partial charge is 0.338 e. The van der Waals surface area contributed by atoms with Gasteiger partial charge in [0.1, 0.15) is 0 Å².